The number of nitrogen functional groups attached to an aromatic ring is 1. The number of aromatic nitrogens is 4. The fraction of sp³-hybridized carbons (Fsp3) is 0.294. The second-order valence-electron chi connectivity index (χ2n) is 6.14. The summed E-state index contributed by atoms with van der Waals surface area (Å²) in [5.41, 5.74) is 7.89. The number of hydrogen-bond acceptors (Lipinski definition) is 8. The minimum atomic E-state index is -0.0603. The van der Waals surface area contributed by atoms with Gasteiger partial charge in [-0.3, -0.25) is 9.48 Å². The molecule has 3 aromatic rings. The Bertz CT molecular complexity index is 954. The van der Waals surface area contributed by atoms with Gasteiger partial charge in [0.05, 0.1) is 35.2 Å². The normalized spacial score (nSPS) is 13.4. The number of rotatable bonds is 5. The minimum Gasteiger partial charge on any atom is -0.368 e. The van der Waals surface area contributed by atoms with E-state index in [1.54, 1.807) is 23.1 Å². The third kappa shape index (κ3) is 4.22. The van der Waals surface area contributed by atoms with Gasteiger partial charge < -0.3 is 16.0 Å². The molecule has 8 nitrogen and oxygen atoms in total. The Morgan fingerprint density at radius 2 is 2.26 bits per heavy atom. The summed E-state index contributed by atoms with van der Waals surface area (Å²) in [7, 11) is 0. The van der Waals surface area contributed by atoms with Crippen LogP contribution in [-0.4, -0.2) is 32.2 Å². The predicted octanol–water partition coefficient (Wildman–Crippen LogP) is 2.12. The van der Waals surface area contributed by atoms with Crippen molar-refractivity contribution in [1.29, 1.82) is 0 Å². The van der Waals surface area contributed by atoms with E-state index in [1.807, 2.05) is 28.3 Å². The van der Waals surface area contributed by atoms with Gasteiger partial charge in [0.15, 0.2) is 0 Å². The smallest absolute Gasteiger partial charge is 0.223 e. The van der Waals surface area contributed by atoms with Crippen LogP contribution in [0.5, 0.6) is 0 Å². The summed E-state index contributed by atoms with van der Waals surface area (Å²) >= 11 is 3.26. The maximum atomic E-state index is 11.1. The lowest BCUT2D eigenvalue weighted by molar-refractivity contribution is -0.119. The Balaban J connectivity index is 1.51. The van der Waals surface area contributed by atoms with Crippen LogP contribution in [0.25, 0.3) is 0 Å². The zero-order valence-electron chi connectivity index (χ0n) is 14.8. The summed E-state index contributed by atoms with van der Waals surface area (Å²) in [6, 6.07) is 8.07. The molecule has 10 heteroatoms. The zero-order chi connectivity index (χ0) is 18.8. The lowest BCUT2D eigenvalue weighted by Crippen LogP contribution is -2.34. The van der Waals surface area contributed by atoms with Gasteiger partial charge in [-0.1, -0.05) is 17.8 Å². The molecule has 0 aliphatic carbocycles. The summed E-state index contributed by atoms with van der Waals surface area (Å²) in [5, 5.41) is 10.2. The summed E-state index contributed by atoms with van der Waals surface area (Å²) in [6.45, 7) is 4.17. The van der Waals surface area contributed by atoms with Crippen molar-refractivity contribution in [2.24, 2.45) is 0 Å². The van der Waals surface area contributed by atoms with Crippen molar-refractivity contribution in [2.75, 3.05) is 17.2 Å². The van der Waals surface area contributed by atoms with Crippen molar-refractivity contribution in [2.45, 2.75) is 35.8 Å². The molecule has 0 fully saturated rings. The van der Waals surface area contributed by atoms with Crippen LogP contribution in [0.3, 0.4) is 0 Å². The van der Waals surface area contributed by atoms with Gasteiger partial charge in [0.2, 0.25) is 11.9 Å². The van der Waals surface area contributed by atoms with Crippen molar-refractivity contribution >= 4 is 40.8 Å². The largest absolute Gasteiger partial charge is 0.368 e. The van der Waals surface area contributed by atoms with Crippen LogP contribution in [0.1, 0.15) is 18.3 Å². The average Bonchev–Trinajstić information content (AvgIpc) is 3.27. The molecule has 4 heterocycles. The van der Waals surface area contributed by atoms with E-state index >= 15 is 0 Å². The highest BCUT2D eigenvalue weighted by atomic mass is 32.2. The molecule has 0 saturated heterocycles. The molecule has 3 N–H and O–H groups in total. The Labute approximate surface area is 164 Å². The first-order valence-corrected chi connectivity index (χ1v) is 10.2. The van der Waals surface area contributed by atoms with Crippen LogP contribution in [0, 0.1) is 0 Å². The maximum Gasteiger partial charge on any atom is 0.223 e. The topological polar surface area (TPSA) is 102 Å². The van der Waals surface area contributed by atoms with Crippen LogP contribution in [0.4, 0.5) is 11.8 Å². The average molecular weight is 402 g/mol. The van der Waals surface area contributed by atoms with Gasteiger partial charge in [-0.05, 0) is 17.5 Å². The third-order valence-electron chi connectivity index (χ3n) is 4.10. The summed E-state index contributed by atoms with van der Waals surface area (Å²) < 4.78 is 3.15. The first-order chi connectivity index (χ1) is 13.1. The molecular formula is C17H19N7OS2. The van der Waals surface area contributed by atoms with Gasteiger partial charge in [-0.2, -0.15) is 10.1 Å². The van der Waals surface area contributed by atoms with E-state index in [0.29, 0.717) is 13.1 Å². The molecule has 1 aliphatic heterocycles. The SMILES string of the molecule is CC(=O)NCc1cc2n(n1)CCN(c1cc(Sc3cccs3)nc(N)n1)C2. The van der Waals surface area contributed by atoms with Gasteiger partial charge in [-0.25, -0.2) is 4.98 Å². The van der Waals surface area contributed by atoms with E-state index in [4.69, 9.17) is 5.73 Å². The molecule has 0 bridgehead atoms. The third-order valence-corrected chi connectivity index (χ3v) is 6.05. The molecule has 0 radical (unpaired) electrons. The fourth-order valence-electron chi connectivity index (χ4n) is 2.89. The highest BCUT2D eigenvalue weighted by Gasteiger charge is 2.21. The van der Waals surface area contributed by atoms with Crippen molar-refractivity contribution < 1.29 is 4.79 Å². The number of anilines is 2. The van der Waals surface area contributed by atoms with E-state index in [2.05, 4.69) is 31.3 Å². The fourth-order valence-corrected chi connectivity index (χ4v) is 4.61. The van der Waals surface area contributed by atoms with Crippen LogP contribution in [0.15, 0.2) is 38.9 Å². The number of carbonyl (C=O) groups excluding carboxylic acids is 1. The maximum absolute atomic E-state index is 11.1. The molecule has 0 unspecified atom stereocenters. The van der Waals surface area contributed by atoms with Crippen LogP contribution in [0.2, 0.25) is 0 Å². The number of thiophene rings is 1. The predicted molar refractivity (Wildman–Crippen MR) is 106 cm³/mol. The molecule has 0 spiro atoms. The molecular weight excluding hydrogens is 382 g/mol. The molecule has 0 saturated carbocycles. The number of fused-ring (bicyclic) bond motifs is 1. The lowest BCUT2D eigenvalue weighted by Gasteiger charge is -2.28. The molecule has 27 heavy (non-hydrogen) atoms. The van der Waals surface area contributed by atoms with Gasteiger partial charge in [-0.15, -0.1) is 11.3 Å². The molecule has 3 aromatic heterocycles. The first kappa shape index (κ1) is 17.8. The molecule has 1 aliphatic rings. The lowest BCUT2D eigenvalue weighted by atomic mass is 10.2. The number of nitrogens with zero attached hydrogens (tertiary/aromatic N) is 5. The Hall–Kier alpha value is -2.59. The van der Waals surface area contributed by atoms with Crippen LogP contribution in [-0.2, 0) is 24.4 Å². The molecule has 0 aromatic carbocycles. The number of nitrogens with two attached hydrogens (primary N) is 1. The van der Waals surface area contributed by atoms with Gasteiger partial charge >= 0.3 is 0 Å². The van der Waals surface area contributed by atoms with Crippen molar-refractivity contribution in [3.63, 3.8) is 0 Å². The minimum absolute atomic E-state index is 0.0603. The second kappa shape index (κ2) is 7.57. The van der Waals surface area contributed by atoms with Gasteiger partial charge in [0, 0.05) is 19.5 Å². The number of nitrogens with one attached hydrogen (secondary N) is 1. The summed E-state index contributed by atoms with van der Waals surface area (Å²) in [6.07, 6.45) is 0. The molecule has 0 atom stereocenters. The monoisotopic (exact) mass is 401 g/mol. The van der Waals surface area contributed by atoms with E-state index in [1.165, 1.54) is 11.1 Å². The van der Waals surface area contributed by atoms with Gasteiger partial charge in [0.1, 0.15) is 10.8 Å². The first-order valence-electron chi connectivity index (χ1n) is 8.48. The van der Waals surface area contributed by atoms with Crippen LogP contribution < -0.4 is 16.0 Å². The highest BCUT2D eigenvalue weighted by Crippen LogP contribution is 2.32. The second-order valence-corrected chi connectivity index (χ2v) is 8.41. The molecule has 4 rings (SSSR count). The van der Waals surface area contributed by atoms with Crippen molar-refractivity contribution in [3.8, 4) is 0 Å². The number of carbonyl (C=O) groups is 1. The molecule has 1 amide bonds. The zero-order valence-corrected chi connectivity index (χ0v) is 16.4. The number of hydrogen-bond donors (Lipinski definition) is 2. The van der Waals surface area contributed by atoms with E-state index in [-0.39, 0.29) is 11.9 Å². The van der Waals surface area contributed by atoms with Gasteiger partial charge in [0.25, 0.3) is 0 Å². The van der Waals surface area contributed by atoms with Crippen molar-refractivity contribution in [3.05, 3.63) is 41.0 Å². The summed E-state index contributed by atoms with van der Waals surface area (Å²) in [4.78, 5) is 22.0. The quantitative estimate of drug-likeness (QED) is 0.631. The van der Waals surface area contributed by atoms with Crippen molar-refractivity contribution in [1.82, 2.24) is 25.1 Å². The Morgan fingerprint density at radius 3 is 3.04 bits per heavy atom. The van der Waals surface area contributed by atoms with E-state index in [0.717, 1.165) is 35.3 Å². The Kier molecular flexibility index (Phi) is 4.99. The van der Waals surface area contributed by atoms with Crippen LogP contribution >= 0.6 is 23.1 Å². The molecule has 140 valence electrons. The summed E-state index contributed by atoms with van der Waals surface area (Å²) in [5.74, 6) is 1.03. The Morgan fingerprint density at radius 1 is 1.37 bits per heavy atom. The van der Waals surface area contributed by atoms with E-state index in [9.17, 15) is 4.79 Å². The standard InChI is InChI=1S/C17H19N7OS2/c1-11(25)19-9-12-7-13-10-23(4-5-24(13)22-12)14-8-15(21-17(18)20-14)27-16-3-2-6-26-16/h2-3,6-8H,4-5,9-10H2,1H3,(H,19,25)(H2,18,20,21). The van der Waals surface area contributed by atoms with E-state index < -0.39 is 0 Å². The highest BCUT2D eigenvalue weighted by molar-refractivity contribution is 8.01. The number of amides is 1.